The van der Waals surface area contributed by atoms with E-state index in [2.05, 4.69) is 15.3 Å². The Morgan fingerprint density at radius 3 is 2.65 bits per heavy atom. The first kappa shape index (κ1) is 22.7. The lowest BCUT2D eigenvalue weighted by Crippen LogP contribution is -2.44. The Kier molecular flexibility index (Phi) is 7.22. The van der Waals surface area contributed by atoms with Crippen LogP contribution in [0, 0.1) is 0 Å². The van der Waals surface area contributed by atoms with Crippen molar-refractivity contribution in [1.82, 2.24) is 15.3 Å². The Labute approximate surface area is 185 Å². The van der Waals surface area contributed by atoms with E-state index in [0.29, 0.717) is 0 Å². The molecule has 0 saturated heterocycles. The van der Waals surface area contributed by atoms with Gasteiger partial charge >= 0.3 is 12.1 Å². The van der Waals surface area contributed by atoms with Gasteiger partial charge in [0.1, 0.15) is 11.6 Å². The molecule has 7 nitrogen and oxygen atoms in total. The number of fused-ring (bicyclic) bond motifs is 1. The molecule has 8 heteroatoms. The zero-order chi connectivity index (χ0) is 22.4. The molecule has 3 heterocycles. The van der Waals surface area contributed by atoms with Crippen molar-refractivity contribution in [1.29, 1.82) is 0 Å². The number of aliphatic carboxylic acids is 1. The predicted molar refractivity (Wildman–Crippen MR) is 120 cm³/mol. The minimum absolute atomic E-state index is 0.219. The Morgan fingerprint density at radius 1 is 1.13 bits per heavy atom. The highest BCUT2D eigenvalue weighted by Gasteiger charge is 2.24. The first-order valence-corrected chi connectivity index (χ1v) is 11.0. The third-order valence-electron chi connectivity index (χ3n) is 4.49. The van der Waals surface area contributed by atoms with E-state index in [0.717, 1.165) is 40.9 Å². The second-order valence-corrected chi connectivity index (χ2v) is 9.57. The molecule has 1 atom stereocenters. The SMILES string of the molecule is CC(C)(C)OC(=O)N[C@@H](Cc1ccc(CCCc2ccc3cccnc3n2)s1)C(=O)O. The molecule has 1 amide bonds. The summed E-state index contributed by atoms with van der Waals surface area (Å²) in [7, 11) is 0. The lowest BCUT2D eigenvalue weighted by Gasteiger charge is -2.21. The van der Waals surface area contributed by atoms with E-state index in [1.54, 1.807) is 38.3 Å². The van der Waals surface area contributed by atoms with Crippen LogP contribution in [0.3, 0.4) is 0 Å². The quantitative estimate of drug-likeness (QED) is 0.538. The number of aromatic nitrogens is 2. The van der Waals surface area contributed by atoms with Gasteiger partial charge in [0.05, 0.1) is 0 Å². The number of carbonyl (C=O) groups excluding carboxylic acids is 1. The molecule has 0 radical (unpaired) electrons. The second-order valence-electron chi connectivity index (χ2n) is 8.32. The van der Waals surface area contributed by atoms with Crippen LogP contribution >= 0.6 is 11.3 Å². The van der Waals surface area contributed by atoms with Gasteiger partial charge in [-0.3, -0.25) is 0 Å². The molecule has 0 aromatic carbocycles. The van der Waals surface area contributed by atoms with E-state index in [1.165, 1.54) is 4.88 Å². The van der Waals surface area contributed by atoms with Gasteiger partial charge in [0, 0.05) is 33.5 Å². The number of hydrogen-bond donors (Lipinski definition) is 2. The second kappa shape index (κ2) is 9.87. The Bertz CT molecular complexity index is 1060. The number of aryl methyl sites for hydroxylation is 2. The molecule has 0 unspecified atom stereocenters. The molecule has 0 fully saturated rings. The number of alkyl carbamates (subject to hydrolysis) is 1. The van der Waals surface area contributed by atoms with Gasteiger partial charge in [-0.1, -0.05) is 0 Å². The average molecular weight is 442 g/mol. The Balaban J connectivity index is 1.52. The molecule has 0 bridgehead atoms. The number of thiophene rings is 1. The molecule has 3 aromatic heterocycles. The van der Waals surface area contributed by atoms with Crippen LogP contribution < -0.4 is 5.32 Å². The number of carboxylic acids is 1. The topological polar surface area (TPSA) is 101 Å². The van der Waals surface area contributed by atoms with Crippen molar-refractivity contribution in [3.63, 3.8) is 0 Å². The number of nitrogens with one attached hydrogen (secondary N) is 1. The monoisotopic (exact) mass is 441 g/mol. The highest BCUT2D eigenvalue weighted by Crippen LogP contribution is 2.21. The van der Waals surface area contributed by atoms with Gasteiger partial charge in [0.25, 0.3) is 0 Å². The summed E-state index contributed by atoms with van der Waals surface area (Å²) in [5.41, 5.74) is 1.09. The van der Waals surface area contributed by atoms with E-state index < -0.39 is 23.7 Å². The van der Waals surface area contributed by atoms with Crippen LogP contribution in [0.25, 0.3) is 11.0 Å². The molecule has 0 saturated carbocycles. The van der Waals surface area contributed by atoms with E-state index in [-0.39, 0.29) is 6.42 Å². The number of hydrogen-bond acceptors (Lipinski definition) is 6. The fraction of sp³-hybridized carbons (Fsp3) is 0.391. The molecule has 3 rings (SSSR count). The van der Waals surface area contributed by atoms with Crippen molar-refractivity contribution < 1.29 is 19.4 Å². The molecule has 164 valence electrons. The summed E-state index contributed by atoms with van der Waals surface area (Å²) in [6, 6.07) is 10.9. The minimum atomic E-state index is -1.09. The van der Waals surface area contributed by atoms with E-state index >= 15 is 0 Å². The molecule has 31 heavy (non-hydrogen) atoms. The van der Waals surface area contributed by atoms with Gasteiger partial charge in [-0.15, -0.1) is 11.3 Å². The summed E-state index contributed by atoms with van der Waals surface area (Å²) in [5, 5.41) is 12.9. The summed E-state index contributed by atoms with van der Waals surface area (Å²) >= 11 is 1.57. The van der Waals surface area contributed by atoms with Gasteiger partial charge in [-0.2, -0.15) is 0 Å². The molecular formula is C23H27N3O4S. The van der Waals surface area contributed by atoms with Crippen molar-refractivity contribution in [2.24, 2.45) is 0 Å². The predicted octanol–water partition coefficient (Wildman–Crippen LogP) is 4.39. The minimum Gasteiger partial charge on any atom is -0.480 e. The fourth-order valence-corrected chi connectivity index (χ4v) is 4.20. The maximum atomic E-state index is 11.9. The van der Waals surface area contributed by atoms with Gasteiger partial charge < -0.3 is 15.2 Å². The normalized spacial score (nSPS) is 12.5. The Hall–Kier alpha value is -3.00. The van der Waals surface area contributed by atoms with Crippen molar-refractivity contribution >= 4 is 34.4 Å². The highest BCUT2D eigenvalue weighted by molar-refractivity contribution is 7.12. The largest absolute Gasteiger partial charge is 0.480 e. The number of ether oxygens (including phenoxy) is 1. The van der Waals surface area contributed by atoms with Crippen molar-refractivity contribution in [2.45, 2.75) is 58.1 Å². The molecule has 3 aromatic rings. The molecule has 0 spiro atoms. The summed E-state index contributed by atoms with van der Waals surface area (Å²) in [6.45, 7) is 5.20. The number of carbonyl (C=O) groups is 2. The molecule has 0 aliphatic heterocycles. The summed E-state index contributed by atoms with van der Waals surface area (Å²) in [6.07, 6.45) is 3.89. The maximum absolute atomic E-state index is 11.9. The zero-order valence-electron chi connectivity index (χ0n) is 17.9. The van der Waals surface area contributed by atoms with Gasteiger partial charge in [0.2, 0.25) is 0 Å². The van der Waals surface area contributed by atoms with Crippen LogP contribution in [0.5, 0.6) is 0 Å². The van der Waals surface area contributed by atoms with Gasteiger partial charge in [-0.25, -0.2) is 19.6 Å². The third kappa shape index (κ3) is 7.03. The van der Waals surface area contributed by atoms with Crippen molar-refractivity contribution in [3.8, 4) is 0 Å². The molecule has 0 aliphatic carbocycles. The maximum Gasteiger partial charge on any atom is 0.408 e. The van der Waals surface area contributed by atoms with Crippen molar-refractivity contribution in [3.05, 3.63) is 58.0 Å². The third-order valence-corrected chi connectivity index (χ3v) is 5.66. The Morgan fingerprint density at radius 2 is 1.90 bits per heavy atom. The van der Waals surface area contributed by atoms with Crippen LogP contribution in [0.2, 0.25) is 0 Å². The smallest absolute Gasteiger partial charge is 0.408 e. The van der Waals surface area contributed by atoms with Crippen LogP contribution in [0.15, 0.2) is 42.6 Å². The van der Waals surface area contributed by atoms with Crippen LogP contribution in [-0.2, 0) is 28.8 Å². The van der Waals surface area contributed by atoms with E-state index in [4.69, 9.17) is 4.74 Å². The van der Waals surface area contributed by atoms with Crippen LogP contribution in [-0.4, -0.2) is 38.8 Å². The summed E-state index contributed by atoms with van der Waals surface area (Å²) < 4.78 is 5.16. The lowest BCUT2D eigenvalue weighted by molar-refractivity contribution is -0.139. The van der Waals surface area contributed by atoms with E-state index in [9.17, 15) is 14.7 Å². The number of pyridine rings is 2. The standard InChI is InChI=1S/C23H27N3O4S/c1-23(2,3)30-22(29)26-19(21(27)28)14-18-12-11-17(31-18)8-4-7-16-10-9-15-6-5-13-24-20(15)25-16/h5-6,9-13,19H,4,7-8,14H2,1-3H3,(H,26,29)(H,27,28)/t19-/m0/s1. The first-order chi connectivity index (χ1) is 14.7. The first-order valence-electron chi connectivity index (χ1n) is 10.2. The lowest BCUT2D eigenvalue weighted by atomic mass is 10.1. The van der Waals surface area contributed by atoms with Gasteiger partial charge in [0.15, 0.2) is 5.65 Å². The fourth-order valence-electron chi connectivity index (χ4n) is 3.09. The highest BCUT2D eigenvalue weighted by atomic mass is 32.1. The van der Waals surface area contributed by atoms with Crippen LogP contribution in [0.1, 0.15) is 42.6 Å². The number of carboxylic acid groups (broad SMARTS) is 1. The summed E-state index contributed by atoms with van der Waals surface area (Å²) in [5.74, 6) is -1.09. The average Bonchev–Trinajstić information content (AvgIpc) is 3.13. The van der Waals surface area contributed by atoms with Crippen molar-refractivity contribution in [2.75, 3.05) is 0 Å². The van der Waals surface area contributed by atoms with Crippen LogP contribution in [0.4, 0.5) is 4.79 Å². The molecule has 2 N–H and O–H groups in total. The molecular weight excluding hydrogens is 414 g/mol. The van der Waals surface area contributed by atoms with Gasteiger partial charge in [-0.05, 0) is 76.4 Å². The zero-order valence-corrected chi connectivity index (χ0v) is 18.7. The molecule has 0 aliphatic rings. The number of rotatable bonds is 8. The van der Waals surface area contributed by atoms with E-state index in [1.807, 2.05) is 36.4 Å². The number of amides is 1. The number of nitrogens with zero attached hydrogens (tertiary/aromatic N) is 2. The summed E-state index contributed by atoms with van der Waals surface area (Å²) in [4.78, 5) is 34.5.